The van der Waals surface area contributed by atoms with Crippen molar-refractivity contribution in [3.8, 4) is 11.5 Å². The van der Waals surface area contributed by atoms with Crippen LogP contribution in [0.15, 0.2) is 23.2 Å². The first kappa shape index (κ1) is 20.5. The number of benzene rings is 1. The van der Waals surface area contributed by atoms with Gasteiger partial charge in [0, 0.05) is 24.8 Å². The van der Waals surface area contributed by atoms with E-state index in [1.54, 1.807) is 0 Å². The summed E-state index contributed by atoms with van der Waals surface area (Å²) in [7, 11) is 0. The minimum atomic E-state index is 0. The molecule has 2 aliphatic heterocycles. The van der Waals surface area contributed by atoms with E-state index in [9.17, 15) is 0 Å². The number of aliphatic imine (C=N–C) groups is 1. The minimum absolute atomic E-state index is 0. The van der Waals surface area contributed by atoms with Crippen LogP contribution in [0.2, 0.25) is 0 Å². The molecule has 3 rings (SSSR count). The third kappa shape index (κ3) is 6.44. The number of halogens is 1. The maximum atomic E-state index is 5.75. The number of ether oxygens (including phenoxy) is 2. The monoisotopic (exact) mass is 477 g/mol. The van der Waals surface area contributed by atoms with Gasteiger partial charge < -0.3 is 20.1 Å². The number of thioether (sulfide) groups is 1. The Morgan fingerprint density at radius 1 is 1.20 bits per heavy atom. The molecule has 0 saturated carbocycles. The second kappa shape index (κ2) is 11.0. The molecule has 0 amide bonds. The van der Waals surface area contributed by atoms with Gasteiger partial charge in [-0.1, -0.05) is 6.07 Å². The topological polar surface area (TPSA) is 54.9 Å². The molecule has 2 heterocycles. The zero-order valence-corrected chi connectivity index (χ0v) is 17.9. The number of fused-ring (bicyclic) bond motifs is 1. The molecule has 1 unspecified atom stereocenters. The molecule has 5 nitrogen and oxygen atoms in total. The Kier molecular flexibility index (Phi) is 9.02. The molecule has 1 fully saturated rings. The fourth-order valence-electron chi connectivity index (χ4n) is 2.83. The SMILES string of the molecule is CCNC(=NCc1ccc2c(c1)OCCCO2)NCC1CCCS1.I. The highest BCUT2D eigenvalue weighted by atomic mass is 127. The Morgan fingerprint density at radius 2 is 2.04 bits per heavy atom. The molecule has 7 heteroatoms. The number of nitrogens with one attached hydrogen (secondary N) is 2. The van der Waals surface area contributed by atoms with Gasteiger partial charge >= 0.3 is 0 Å². The largest absolute Gasteiger partial charge is 0.490 e. The van der Waals surface area contributed by atoms with Gasteiger partial charge in [0.15, 0.2) is 17.5 Å². The smallest absolute Gasteiger partial charge is 0.191 e. The molecule has 0 aliphatic carbocycles. The lowest BCUT2D eigenvalue weighted by molar-refractivity contribution is 0.297. The third-order valence-corrected chi connectivity index (χ3v) is 5.50. The van der Waals surface area contributed by atoms with Crippen LogP contribution in [-0.2, 0) is 6.54 Å². The molecule has 25 heavy (non-hydrogen) atoms. The van der Waals surface area contributed by atoms with E-state index in [4.69, 9.17) is 14.5 Å². The Hall–Kier alpha value is -0.830. The van der Waals surface area contributed by atoms with E-state index in [0.29, 0.717) is 18.4 Å². The summed E-state index contributed by atoms with van der Waals surface area (Å²) in [6, 6.07) is 6.09. The van der Waals surface area contributed by atoms with Crippen molar-refractivity contribution in [3.63, 3.8) is 0 Å². The van der Waals surface area contributed by atoms with E-state index >= 15 is 0 Å². The molecular weight excluding hydrogens is 449 g/mol. The quantitative estimate of drug-likeness (QED) is 0.387. The van der Waals surface area contributed by atoms with Crippen LogP contribution >= 0.6 is 35.7 Å². The standard InChI is InChI=1S/C18H27N3O2S.HI/c1-2-19-18(21-13-15-5-3-10-24-15)20-12-14-6-7-16-17(11-14)23-9-4-8-22-16;/h6-7,11,15H,2-5,8-10,12-13H2,1H3,(H2,19,20,21);1H. The molecule has 0 bridgehead atoms. The Labute approximate surface area is 171 Å². The average Bonchev–Trinajstić information content (AvgIpc) is 3.01. The van der Waals surface area contributed by atoms with Gasteiger partial charge in [-0.15, -0.1) is 24.0 Å². The van der Waals surface area contributed by atoms with Crippen LogP contribution in [-0.4, -0.2) is 43.3 Å². The van der Waals surface area contributed by atoms with Crippen LogP contribution < -0.4 is 20.1 Å². The maximum absolute atomic E-state index is 5.75. The summed E-state index contributed by atoms with van der Waals surface area (Å²) >= 11 is 2.06. The van der Waals surface area contributed by atoms with E-state index in [2.05, 4.69) is 35.4 Å². The number of guanidine groups is 1. The van der Waals surface area contributed by atoms with Crippen molar-refractivity contribution < 1.29 is 9.47 Å². The molecule has 0 radical (unpaired) electrons. The van der Waals surface area contributed by atoms with Gasteiger partial charge in [0.1, 0.15) is 0 Å². The van der Waals surface area contributed by atoms with Crippen molar-refractivity contribution >= 4 is 41.7 Å². The van der Waals surface area contributed by atoms with Gasteiger partial charge in [-0.3, -0.25) is 0 Å². The molecule has 0 aromatic heterocycles. The van der Waals surface area contributed by atoms with Crippen molar-refractivity contribution in [1.82, 2.24) is 10.6 Å². The third-order valence-electron chi connectivity index (χ3n) is 4.10. The van der Waals surface area contributed by atoms with E-state index in [-0.39, 0.29) is 24.0 Å². The normalized spacial score (nSPS) is 19.7. The van der Waals surface area contributed by atoms with Crippen LogP contribution in [0.1, 0.15) is 31.7 Å². The second-order valence-corrected chi connectivity index (χ2v) is 7.45. The predicted octanol–water partition coefficient (Wildman–Crippen LogP) is 3.42. The van der Waals surface area contributed by atoms with E-state index in [0.717, 1.165) is 49.1 Å². The maximum Gasteiger partial charge on any atom is 0.191 e. The van der Waals surface area contributed by atoms with Crippen LogP contribution in [0.4, 0.5) is 0 Å². The van der Waals surface area contributed by atoms with Crippen LogP contribution in [0.3, 0.4) is 0 Å². The highest BCUT2D eigenvalue weighted by Gasteiger charge is 2.15. The summed E-state index contributed by atoms with van der Waals surface area (Å²) in [5.74, 6) is 3.85. The lowest BCUT2D eigenvalue weighted by atomic mass is 10.2. The van der Waals surface area contributed by atoms with Crippen molar-refractivity contribution in [1.29, 1.82) is 0 Å². The average molecular weight is 477 g/mol. The zero-order chi connectivity index (χ0) is 16.6. The molecule has 1 saturated heterocycles. The summed E-state index contributed by atoms with van der Waals surface area (Å²) in [5.41, 5.74) is 1.13. The molecule has 1 aromatic carbocycles. The van der Waals surface area contributed by atoms with Crippen molar-refractivity contribution in [3.05, 3.63) is 23.8 Å². The molecule has 2 N–H and O–H groups in total. The molecule has 2 aliphatic rings. The number of hydrogen-bond donors (Lipinski definition) is 2. The first-order valence-electron chi connectivity index (χ1n) is 8.87. The molecular formula is C18H28IN3O2S. The Balaban J connectivity index is 0.00000225. The Morgan fingerprint density at radius 3 is 2.80 bits per heavy atom. The van der Waals surface area contributed by atoms with E-state index in [1.807, 2.05) is 12.1 Å². The Bertz CT molecular complexity index is 565. The van der Waals surface area contributed by atoms with Gasteiger partial charge in [-0.25, -0.2) is 4.99 Å². The van der Waals surface area contributed by atoms with Crippen LogP contribution in [0, 0.1) is 0 Å². The first-order valence-corrected chi connectivity index (χ1v) is 9.92. The predicted molar refractivity (Wildman–Crippen MR) is 116 cm³/mol. The molecule has 1 atom stereocenters. The molecule has 0 spiro atoms. The second-order valence-electron chi connectivity index (χ2n) is 6.04. The minimum Gasteiger partial charge on any atom is -0.490 e. The fraction of sp³-hybridized carbons (Fsp3) is 0.611. The zero-order valence-electron chi connectivity index (χ0n) is 14.8. The van der Waals surface area contributed by atoms with Gasteiger partial charge in [0.25, 0.3) is 0 Å². The summed E-state index contributed by atoms with van der Waals surface area (Å²) in [4.78, 5) is 4.71. The lowest BCUT2D eigenvalue weighted by Gasteiger charge is -2.14. The van der Waals surface area contributed by atoms with Gasteiger partial charge in [-0.05, 0) is 43.2 Å². The molecule has 140 valence electrons. The fourth-order valence-corrected chi connectivity index (χ4v) is 4.04. The lowest BCUT2D eigenvalue weighted by Crippen LogP contribution is -2.40. The highest BCUT2D eigenvalue weighted by Crippen LogP contribution is 2.30. The first-order chi connectivity index (χ1) is 11.8. The highest BCUT2D eigenvalue weighted by molar-refractivity contribution is 14.0. The summed E-state index contributed by atoms with van der Waals surface area (Å²) in [6.45, 7) is 6.00. The van der Waals surface area contributed by atoms with Crippen molar-refractivity contribution in [2.45, 2.75) is 38.0 Å². The summed E-state index contributed by atoms with van der Waals surface area (Å²) in [6.07, 6.45) is 3.57. The summed E-state index contributed by atoms with van der Waals surface area (Å²) in [5, 5.41) is 7.50. The summed E-state index contributed by atoms with van der Waals surface area (Å²) < 4.78 is 11.4. The van der Waals surface area contributed by atoms with Gasteiger partial charge in [0.2, 0.25) is 0 Å². The van der Waals surface area contributed by atoms with Crippen LogP contribution in [0.5, 0.6) is 11.5 Å². The van der Waals surface area contributed by atoms with Gasteiger partial charge in [-0.2, -0.15) is 11.8 Å². The van der Waals surface area contributed by atoms with E-state index in [1.165, 1.54) is 18.6 Å². The van der Waals surface area contributed by atoms with Crippen molar-refractivity contribution in [2.75, 3.05) is 32.1 Å². The molecule has 1 aromatic rings. The number of rotatable bonds is 5. The van der Waals surface area contributed by atoms with E-state index < -0.39 is 0 Å². The van der Waals surface area contributed by atoms with Crippen molar-refractivity contribution in [2.24, 2.45) is 4.99 Å². The number of hydrogen-bond acceptors (Lipinski definition) is 4. The van der Waals surface area contributed by atoms with Crippen LogP contribution in [0.25, 0.3) is 0 Å². The number of nitrogens with zero attached hydrogens (tertiary/aromatic N) is 1. The van der Waals surface area contributed by atoms with Gasteiger partial charge in [0.05, 0.1) is 19.8 Å².